The van der Waals surface area contributed by atoms with Crippen LogP contribution < -0.4 is 5.32 Å². The van der Waals surface area contributed by atoms with Gasteiger partial charge >= 0.3 is 5.97 Å². The molecule has 0 aliphatic rings. The quantitative estimate of drug-likeness (QED) is 0.392. The average molecular weight is 389 g/mol. The van der Waals surface area contributed by atoms with Crippen LogP contribution in [0.4, 0.5) is 11.4 Å². The second-order valence-electron chi connectivity index (χ2n) is 5.58. The van der Waals surface area contributed by atoms with Gasteiger partial charge in [-0.3, -0.25) is 20.0 Å². The molecule has 0 radical (unpaired) electrons. The number of amides is 1. The molecule has 2 aromatic carbocycles. The number of H-pyrrole nitrogens is 1. The zero-order valence-corrected chi connectivity index (χ0v) is 14.7. The van der Waals surface area contributed by atoms with Gasteiger partial charge in [-0.15, -0.1) is 0 Å². The Balaban J connectivity index is 1.72. The number of aromatic amines is 1. The molecule has 3 rings (SSSR count). The molecule has 0 unspecified atom stereocenters. The summed E-state index contributed by atoms with van der Waals surface area (Å²) in [5, 5.41) is 20.5. The number of non-ortho nitro benzene ring substituents is 1. The lowest BCUT2D eigenvalue weighted by Gasteiger charge is -2.13. The number of fused-ring (bicyclic) bond motifs is 1. The molecule has 1 atom stereocenters. The summed E-state index contributed by atoms with van der Waals surface area (Å²) in [4.78, 5) is 34.8. The van der Waals surface area contributed by atoms with E-state index in [1.807, 2.05) is 0 Å². The van der Waals surface area contributed by atoms with E-state index in [1.54, 1.807) is 24.3 Å². The number of anilines is 1. The second kappa shape index (κ2) is 7.42. The van der Waals surface area contributed by atoms with Crippen LogP contribution in [0.1, 0.15) is 17.4 Å². The Morgan fingerprint density at radius 2 is 2.04 bits per heavy atom. The molecule has 1 aromatic heterocycles. The number of rotatable bonds is 5. The molecule has 0 saturated carbocycles. The SMILES string of the molecule is C[C@H](OC(=O)c1n[nH]c2ccccc12)C(=O)Nc1cc([N+](=O)[O-])ccc1Cl. The highest BCUT2D eigenvalue weighted by Gasteiger charge is 2.23. The fraction of sp³-hybridized carbons (Fsp3) is 0.118. The fourth-order valence-electron chi connectivity index (χ4n) is 2.35. The number of esters is 1. The molecule has 0 bridgehead atoms. The average Bonchev–Trinajstić information content (AvgIpc) is 3.07. The summed E-state index contributed by atoms with van der Waals surface area (Å²) < 4.78 is 5.14. The minimum Gasteiger partial charge on any atom is -0.448 e. The number of hydrogen-bond acceptors (Lipinski definition) is 6. The van der Waals surface area contributed by atoms with Crippen LogP contribution in [0.5, 0.6) is 0 Å². The zero-order valence-electron chi connectivity index (χ0n) is 13.9. The number of para-hydroxylation sites is 1. The Bertz CT molecular complexity index is 1050. The Kier molecular flexibility index (Phi) is 5.04. The number of ether oxygens (including phenoxy) is 1. The predicted molar refractivity (Wildman–Crippen MR) is 97.7 cm³/mol. The topological polar surface area (TPSA) is 127 Å². The lowest BCUT2D eigenvalue weighted by molar-refractivity contribution is -0.384. The monoisotopic (exact) mass is 388 g/mol. The van der Waals surface area contributed by atoms with Gasteiger partial charge in [0.25, 0.3) is 11.6 Å². The van der Waals surface area contributed by atoms with Crippen molar-refractivity contribution in [2.24, 2.45) is 0 Å². The molecule has 9 nitrogen and oxygen atoms in total. The summed E-state index contributed by atoms with van der Waals surface area (Å²) in [7, 11) is 0. The number of nitro groups is 1. The Morgan fingerprint density at radius 1 is 1.30 bits per heavy atom. The van der Waals surface area contributed by atoms with E-state index in [1.165, 1.54) is 19.1 Å². The predicted octanol–water partition coefficient (Wildman–Crippen LogP) is 3.31. The van der Waals surface area contributed by atoms with Gasteiger partial charge in [0.15, 0.2) is 11.8 Å². The highest BCUT2D eigenvalue weighted by molar-refractivity contribution is 6.33. The Labute approximate surface area is 157 Å². The van der Waals surface area contributed by atoms with E-state index in [-0.39, 0.29) is 22.1 Å². The number of nitrogens with zero attached hydrogens (tertiary/aromatic N) is 2. The van der Waals surface area contributed by atoms with E-state index in [0.29, 0.717) is 10.9 Å². The molecular formula is C17H13ClN4O5. The Morgan fingerprint density at radius 3 is 2.78 bits per heavy atom. The summed E-state index contributed by atoms with van der Waals surface area (Å²) in [5.74, 6) is -1.47. The van der Waals surface area contributed by atoms with Crippen molar-refractivity contribution in [3.05, 3.63) is 63.3 Å². The minimum atomic E-state index is -1.18. The smallest absolute Gasteiger partial charge is 0.360 e. The van der Waals surface area contributed by atoms with Gasteiger partial charge in [0, 0.05) is 17.5 Å². The van der Waals surface area contributed by atoms with Crippen molar-refractivity contribution in [1.29, 1.82) is 0 Å². The van der Waals surface area contributed by atoms with Crippen molar-refractivity contribution in [2.45, 2.75) is 13.0 Å². The number of halogens is 1. The van der Waals surface area contributed by atoms with Crippen LogP contribution in [0.2, 0.25) is 5.02 Å². The molecule has 0 aliphatic carbocycles. The summed E-state index contributed by atoms with van der Waals surface area (Å²) in [6.07, 6.45) is -1.18. The molecule has 0 spiro atoms. The van der Waals surface area contributed by atoms with E-state index in [9.17, 15) is 19.7 Å². The van der Waals surface area contributed by atoms with Gasteiger partial charge < -0.3 is 10.1 Å². The van der Waals surface area contributed by atoms with E-state index in [2.05, 4.69) is 15.5 Å². The van der Waals surface area contributed by atoms with Crippen LogP contribution in [0.15, 0.2) is 42.5 Å². The lowest BCUT2D eigenvalue weighted by Crippen LogP contribution is -2.30. The maximum Gasteiger partial charge on any atom is 0.360 e. The number of nitrogens with one attached hydrogen (secondary N) is 2. The molecule has 1 amide bonds. The van der Waals surface area contributed by atoms with Crippen molar-refractivity contribution >= 4 is 45.8 Å². The molecule has 2 N–H and O–H groups in total. The van der Waals surface area contributed by atoms with Crippen molar-refractivity contribution < 1.29 is 19.2 Å². The van der Waals surface area contributed by atoms with Crippen LogP contribution in [-0.4, -0.2) is 33.1 Å². The molecule has 0 saturated heterocycles. The summed E-state index contributed by atoms with van der Waals surface area (Å²) in [6, 6.07) is 10.6. The highest BCUT2D eigenvalue weighted by Crippen LogP contribution is 2.27. The molecule has 27 heavy (non-hydrogen) atoms. The van der Waals surface area contributed by atoms with Crippen molar-refractivity contribution in [1.82, 2.24) is 10.2 Å². The number of carbonyl (C=O) groups excluding carboxylic acids is 2. The first-order valence-corrected chi connectivity index (χ1v) is 8.13. The van der Waals surface area contributed by atoms with Crippen molar-refractivity contribution in [3.63, 3.8) is 0 Å². The zero-order chi connectivity index (χ0) is 19.6. The van der Waals surface area contributed by atoms with E-state index >= 15 is 0 Å². The summed E-state index contributed by atoms with van der Waals surface area (Å²) in [6.45, 7) is 1.37. The molecule has 138 valence electrons. The molecule has 3 aromatic rings. The molecule has 10 heteroatoms. The lowest BCUT2D eigenvalue weighted by atomic mass is 10.2. The first kappa shape index (κ1) is 18.3. The largest absolute Gasteiger partial charge is 0.448 e. The van der Waals surface area contributed by atoms with Gasteiger partial charge in [-0.05, 0) is 19.1 Å². The summed E-state index contributed by atoms with van der Waals surface area (Å²) >= 11 is 5.94. The first-order valence-electron chi connectivity index (χ1n) is 7.75. The van der Waals surface area contributed by atoms with Gasteiger partial charge in [-0.25, -0.2) is 4.79 Å². The van der Waals surface area contributed by atoms with Gasteiger partial charge in [0.2, 0.25) is 0 Å². The molecular weight excluding hydrogens is 376 g/mol. The third-order valence-corrected chi connectivity index (χ3v) is 4.06. The maximum absolute atomic E-state index is 12.3. The van der Waals surface area contributed by atoms with Crippen LogP contribution >= 0.6 is 11.6 Å². The van der Waals surface area contributed by atoms with E-state index in [0.717, 1.165) is 6.07 Å². The number of carbonyl (C=O) groups is 2. The second-order valence-corrected chi connectivity index (χ2v) is 5.98. The maximum atomic E-state index is 12.3. The van der Waals surface area contributed by atoms with Crippen molar-refractivity contribution in [2.75, 3.05) is 5.32 Å². The number of hydrogen-bond donors (Lipinski definition) is 2. The fourth-order valence-corrected chi connectivity index (χ4v) is 2.51. The van der Waals surface area contributed by atoms with Gasteiger partial charge in [-0.2, -0.15) is 5.10 Å². The van der Waals surface area contributed by atoms with Gasteiger partial charge in [-0.1, -0.05) is 29.8 Å². The van der Waals surface area contributed by atoms with E-state index < -0.39 is 22.9 Å². The van der Waals surface area contributed by atoms with Crippen LogP contribution in [-0.2, 0) is 9.53 Å². The first-order chi connectivity index (χ1) is 12.9. The normalized spacial score (nSPS) is 11.8. The van der Waals surface area contributed by atoms with Crippen molar-refractivity contribution in [3.8, 4) is 0 Å². The number of benzene rings is 2. The standard InChI is InChI=1S/C17H13ClN4O5/c1-9(16(23)19-14-8-10(22(25)26)6-7-12(14)18)27-17(24)15-11-4-2-3-5-13(11)20-21-15/h2-9H,1H3,(H,19,23)(H,20,21)/t9-/m0/s1. The van der Waals surface area contributed by atoms with Crippen LogP contribution in [0.25, 0.3) is 10.9 Å². The minimum absolute atomic E-state index is 0.0454. The third kappa shape index (κ3) is 3.87. The highest BCUT2D eigenvalue weighted by atomic mass is 35.5. The number of aromatic nitrogens is 2. The molecule has 1 heterocycles. The third-order valence-electron chi connectivity index (χ3n) is 3.74. The molecule has 0 aliphatic heterocycles. The Hall–Kier alpha value is -3.46. The van der Waals surface area contributed by atoms with Gasteiger partial charge in [0.05, 0.1) is 21.2 Å². The van der Waals surface area contributed by atoms with Gasteiger partial charge in [0.1, 0.15) is 0 Å². The van der Waals surface area contributed by atoms with Crippen LogP contribution in [0, 0.1) is 10.1 Å². The summed E-state index contributed by atoms with van der Waals surface area (Å²) in [5.41, 5.74) is 0.523. The molecule has 0 fully saturated rings. The van der Waals surface area contributed by atoms with Crippen LogP contribution in [0.3, 0.4) is 0 Å². The van der Waals surface area contributed by atoms with E-state index in [4.69, 9.17) is 16.3 Å². The number of nitro benzene ring substituents is 1.